The Morgan fingerprint density at radius 3 is 2.75 bits per heavy atom. The monoisotopic (exact) mass is 171 g/mol. The summed E-state index contributed by atoms with van der Waals surface area (Å²) < 4.78 is 0. The van der Waals surface area contributed by atoms with Crippen molar-refractivity contribution in [3.05, 3.63) is 11.6 Å². The zero-order valence-corrected chi connectivity index (χ0v) is 8.02. The molecule has 0 heterocycles. The fraction of sp³-hybridized carbons (Fsp3) is 0.667. The largest absolute Gasteiger partial charge is 0.273 e. The van der Waals surface area contributed by atoms with Crippen molar-refractivity contribution in [3.8, 4) is 0 Å². The molecule has 12 heavy (non-hydrogen) atoms. The summed E-state index contributed by atoms with van der Waals surface area (Å²) in [6, 6.07) is 0. The zero-order valence-electron chi connectivity index (χ0n) is 8.02. The van der Waals surface area contributed by atoms with E-state index in [0.717, 1.165) is 12.8 Å². The van der Waals surface area contributed by atoms with Gasteiger partial charge in [-0.1, -0.05) is 19.4 Å². The Hall–Kier alpha value is -0.830. The lowest BCUT2D eigenvalue weighted by molar-refractivity contribution is -0.129. The van der Waals surface area contributed by atoms with Crippen molar-refractivity contribution >= 4 is 5.91 Å². The van der Waals surface area contributed by atoms with Gasteiger partial charge in [0.15, 0.2) is 0 Å². The Balaban J connectivity index is 3.45. The van der Waals surface area contributed by atoms with Gasteiger partial charge in [-0.3, -0.25) is 9.63 Å². The Morgan fingerprint density at radius 1 is 1.58 bits per heavy atom. The normalized spacial score (nSPS) is 11.4. The van der Waals surface area contributed by atoms with Gasteiger partial charge in [0.25, 0.3) is 5.91 Å². The number of unbranched alkanes of at least 4 members (excludes halogenated alkanes) is 1. The van der Waals surface area contributed by atoms with Gasteiger partial charge in [0.05, 0.1) is 6.61 Å². The Kier molecular flexibility index (Phi) is 6.38. The number of nitrogens with one attached hydrogen (secondary N) is 1. The molecule has 1 N–H and O–H groups in total. The Bertz CT molecular complexity index is 164. The molecule has 0 aliphatic heterocycles. The number of carbonyl (C=O) groups excluding carboxylic acids is 1. The molecule has 0 unspecified atom stereocenters. The van der Waals surface area contributed by atoms with Gasteiger partial charge >= 0.3 is 0 Å². The summed E-state index contributed by atoms with van der Waals surface area (Å²) in [7, 11) is 0. The molecule has 3 heteroatoms. The molecular formula is C9H17NO2. The molecule has 0 atom stereocenters. The van der Waals surface area contributed by atoms with Crippen LogP contribution in [0.15, 0.2) is 11.6 Å². The molecule has 0 rings (SSSR count). The first-order chi connectivity index (χ1) is 5.72. The molecule has 0 fully saturated rings. The lowest BCUT2D eigenvalue weighted by Crippen LogP contribution is -2.24. The number of carbonyl (C=O) groups is 1. The molecule has 70 valence electrons. The van der Waals surface area contributed by atoms with Gasteiger partial charge < -0.3 is 0 Å². The van der Waals surface area contributed by atoms with Crippen LogP contribution in [0, 0.1) is 0 Å². The van der Waals surface area contributed by atoms with Gasteiger partial charge in [-0.15, -0.1) is 0 Å². The zero-order chi connectivity index (χ0) is 9.40. The molecule has 0 aromatic heterocycles. The summed E-state index contributed by atoms with van der Waals surface area (Å²) in [4.78, 5) is 16.0. The molecular weight excluding hydrogens is 154 g/mol. The minimum absolute atomic E-state index is 0.159. The van der Waals surface area contributed by atoms with E-state index in [1.165, 1.54) is 0 Å². The summed E-state index contributed by atoms with van der Waals surface area (Å²) in [5.74, 6) is -0.159. The highest BCUT2D eigenvalue weighted by atomic mass is 16.6. The van der Waals surface area contributed by atoms with E-state index in [1.54, 1.807) is 13.0 Å². The molecule has 0 aliphatic carbocycles. The highest BCUT2D eigenvalue weighted by Gasteiger charge is 2.00. The van der Waals surface area contributed by atoms with Crippen LogP contribution < -0.4 is 5.48 Å². The maximum absolute atomic E-state index is 11.0. The lowest BCUT2D eigenvalue weighted by Gasteiger charge is -2.04. The van der Waals surface area contributed by atoms with Crippen molar-refractivity contribution in [2.24, 2.45) is 0 Å². The first-order valence-electron chi connectivity index (χ1n) is 4.27. The van der Waals surface area contributed by atoms with Crippen LogP contribution in [-0.4, -0.2) is 12.5 Å². The van der Waals surface area contributed by atoms with Crippen LogP contribution in [0.25, 0.3) is 0 Å². The van der Waals surface area contributed by atoms with Crippen molar-refractivity contribution in [3.63, 3.8) is 0 Å². The lowest BCUT2D eigenvalue weighted by atomic mass is 10.3. The third-order valence-corrected chi connectivity index (χ3v) is 1.56. The average Bonchev–Trinajstić information content (AvgIpc) is 2.10. The number of hydroxylamine groups is 1. The molecule has 0 saturated heterocycles. The van der Waals surface area contributed by atoms with E-state index in [4.69, 9.17) is 4.84 Å². The SMILES string of the molecule is C/C=C(/C)C(=O)NOCCCC. The number of hydrogen-bond acceptors (Lipinski definition) is 2. The van der Waals surface area contributed by atoms with Crippen LogP contribution in [0.2, 0.25) is 0 Å². The van der Waals surface area contributed by atoms with Crippen molar-refractivity contribution in [2.75, 3.05) is 6.61 Å². The molecule has 0 aliphatic rings. The quantitative estimate of drug-likeness (QED) is 0.389. The third-order valence-electron chi connectivity index (χ3n) is 1.56. The van der Waals surface area contributed by atoms with E-state index >= 15 is 0 Å². The van der Waals surface area contributed by atoms with E-state index in [2.05, 4.69) is 12.4 Å². The van der Waals surface area contributed by atoms with Gasteiger partial charge in [-0.25, -0.2) is 5.48 Å². The summed E-state index contributed by atoms with van der Waals surface area (Å²) >= 11 is 0. The molecule has 1 amide bonds. The molecule has 0 aromatic carbocycles. The van der Waals surface area contributed by atoms with Crippen LogP contribution in [0.4, 0.5) is 0 Å². The summed E-state index contributed by atoms with van der Waals surface area (Å²) in [5.41, 5.74) is 3.03. The fourth-order valence-electron chi connectivity index (χ4n) is 0.545. The van der Waals surface area contributed by atoms with Crippen LogP contribution in [0.1, 0.15) is 33.6 Å². The second-order valence-corrected chi connectivity index (χ2v) is 2.60. The van der Waals surface area contributed by atoms with E-state index in [0.29, 0.717) is 12.2 Å². The smallest absolute Gasteiger partial charge is 0.270 e. The molecule has 0 radical (unpaired) electrons. The summed E-state index contributed by atoms with van der Waals surface area (Å²) in [6.45, 7) is 6.22. The van der Waals surface area contributed by atoms with Gasteiger partial charge in [-0.2, -0.15) is 0 Å². The summed E-state index contributed by atoms with van der Waals surface area (Å²) in [5, 5.41) is 0. The maximum atomic E-state index is 11.0. The molecule has 0 aromatic rings. The van der Waals surface area contributed by atoms with Crippen LogP contribution in [0.3, 0.4) is 0 Å². The van der Waals surface area contributed by atoms with Crippen LogP contribution in [0.5, 0.6) is 0 Å². The second kappa shape index (κ2) is 6.85. The van der Waals surface area contributed by atoms with E-state index in [1.807, 2.05) is 6.92 Å². The fourth-order valence-corrected chi connectivity index (χ4v) is 0.545. The maximum Gasteiger partial charge on any atom is 0.270 e. The third kappa shape index (κ3) is 4.91. The van der Waals surface area contributed by atoms with Gasteiger partial charge in [0.1, 0.15) is 0 Å². The van der Waals surface area contributed by atoms with Crippen LogP contribution in [-0.2, 0) is 9.63 Å². The van der Waals surface area contributed by atoms with E-state index in [9.17, 15) is 4.79 Å². The van der Waals surface area contributed by atoms with Gasteiger partial charge in [0.2, 0.25) is 0 Å². The standard InChI is InChI=1S/C9H17NO2/c1-4-6-7-12-10-9(11)8(3)5-2/h5H,4,6-7H2,1-3H3,(H,10,11)/b8-5-. The Morgan fingerprint density at radius 2 is 2.25 bits per heavy atom. The first-order valence-corrected chi connectivity index (χ1v) is 4.27. The predicted octanol–water partition coefficient (Wildman–Crippen LogP) is 1.80. The summed E-state index contributed by atoms with van der Waals surface area (Å²) in [6.07, 6.45) is 3.78. The minimum atomic E-state index is -0.159. The molecule has 0 saturated carbocycles. The number of hydrogen-bond donors (Lipinski definition) is 1. The van der Waals surface area contributed by atoms with Crippen LogP contribution >= 0.6 is 0 Å². The van der Waals surface area contributed by atoms with Gasteiger partial charge in [-0.05, 0) is 20.3 Å². The second-order valence-electron chi connectivity index (χ2n) is 2.60. The number of amides is 1. The van der Waals surface area contributed by atoms with E-state index in [-0.39, 0.29) is 5.91 Å². The highest BCUT2D eigenvalue weighted by molar-refractivity contribution is 5.91. The highest BCUT2D eigenvalue weighted by Crippen LogP contribution is 1.91. The number of allylic oxidation sites excluding steroid dienone is 1. The van der Waals surface area contributed by atoms with E-state index < -0.39 is 0 Å². The Labute approximate surface area is 73.7 Å². The first kappa shape index (κ1) is 11.2. The predicted molar refractivity (Wildman–Crippen MR) is 48.4 cm³/mol. The van der Waals surface area contributed by atoms with Crippen molar-refractivity contribution < 1.29 is 9.63 Å². The molecule has 0 spiro atoms. The van der Waals surface area contributed by atoms with Crippen molar-refractivity contribution in [1.82, 2.24) is 5.48 Å². The van der Waals surface area contributed by atoms with Gasteiger partial charge in [0, 0.05) is 5.57 Å². The minimum Gasteiger partial charge on any atom is -0.273 e. The average molecular weight is 171 g/mol. The number of rotatable bonds is 5. The topological polar surface area (TPSA) is 38.3 Å². The van der Waals surface area contributed by atoms with Crippen molar-refractivity contribution in [2.45, 2.75) is 33.6 Å². The molecule has 3 nitrogen and oxygen atoms in total. The molecule has 0 bridgehead atoms. The van der Waals surface area contributed by atoms with Crippen molar-refractivity contribution in [1.29, 1.82) is 0 Å².